The molecule has 0 saturated heterocycles. The van der Waals surface area contributed by atoms with Crippen molar-refractivity contribution in [2.45, 2.75) is 44.8 Å². The van der Waals surface area contributed by atoms with Crippen LogP contribution in [0.4, 0.5) is 10.5 Å². The molecule has 0 radical (unpaired) electrons. The minimum Gasteiger partial charge on any atom is -0.459 e. The van der Waals surface area contributed by atoms with Crippen LogP contribution in [0.1, 0.15) is 43.4 Å². The molecule has 1 N–H and O–H groups in total. The first-order valence-corrected chi connectivity index (χ1v) is 13.6. The lowest BCUT2D eigenvalue weighted by Crippen LogP contribution is -2.50. The molecule has 0 bridgehead atoms. The van der Waals surface area contributed by atoms with E-state index in [0.29, 0.717) is 12.1 Å². The number of nitrogens with zero attached hydrogens (tertiary/aromatic N) is 1. The van der Waals surface area contributed by atoms with Gasteiger partial charge in [-0.25, -0.2) is 4.79 Å². The highest BCUT2D eigenvalue weighted by Crippen LogP contribution is 2.44. The fourth-order valence-corrected chi connectivity index (χ4v) is 5.04. The maximum atomic E-state index is 13.8. The van der Waals surface area contributed by atoms with E-state index >= 15 is 0 Å². The Morgan fingerprint density at radius 1 is 0.927 bits per heavy atom. The third-order valence-electron chi connectivity index (χ3n) is 6.74. The third kappa shape index (κ3) is 6.92. The summed E-state index contributed by atoms with van der Waals surface area (Å²) in [5.74, 6) is -1.25. The summed E-state index contributed by atoms with van der Waals surface area (Å²) in [5, 5.41) is 2.62. The molecule has 1 atom stereocenters. The Morgan fingerprint density at radius 3 is 2.10 bits per heavy atom. The Balaban J connectivity index is 1.51. The van der Waals surface area contributed by atoms with Gasteiger partial charge in [-0.05, 0) is 61.1 Å². The molecule has 212 valence electrons. The summed E-state index contributed by atoms with van der Waals surface area (Å²) in [5.41, 5.74) is 4.98. The van der Waals surface area contributed by atoms with E-state index in [-0.39, 0.29) is 19.1 Å². The van der Waals surface area contributed by atoms with Crippen LogP contribution in [0.15, 0.2) is 98.1 Å². The zero-order chi connectivity index (χ0) is 29.6. The van der Waals surface area contributed by atoms with Crippen molar-refractivity contribution in [3.63, 3.8) is 0 Å². The predicted molar refractivity (Wildman–Crippen MR) is 161 cm³/mol. The van der Waals surface area contributed by atoms with Crippen LogP contribution < -0.4 is 10.2 Å². The molecule has 7 heteroatoms. The summed E-state index contributed by atoms with van der Waals surface area (Å²) in [6, 6.07) is 22.2. The van der Waals surface area contributed by atoms with Gasteiger partial charge in [0, 0.05) is 11.6 Å². The number of para-hydroxylation sites is 1. The number of ether oxygens (including phenoxy) is 2. The number of benzene rings is 3. The van der Waals surface area contributed by atoms with Crippen molar-refractivity contribution in [1.82, 2.24) is 5.32 Å². The molecule has 0 spiro atoms. The van der Waals surface area contributed by atoms with Crippen LogP contribution in [-0.4, -0.2) is 42.8 Å². The number of carbonyl (C=O) groups is 3. The zero-order valence-electron chi connectivity index (χ0n) is 23.8. The molecule has 3 aromatic rings. The Bertz CT molecular complexity index is 1410. The molecular weight excluding hydrogens is 516 g/mol. The fourth-order valence-electron chi connectivity index (χ4n) is 5.04. The number of amides is 2. The molecule has 41 heavy (non-hydrogen) atoms. The van der Waals surface area contributed by atoms with Crippen molar-refractivity contribution in [2.24, 2.45) is 0 Å². The SMILES string of the molecule is C=CCc1ccccc1N(CC(=O)OC(C)(C)C)C(=O)[C@H](C=C)NC(=O)OCC1c2ccccc2-c2ccccc21. The van der Waals surface area contributed by atoms with Crippen molar-refractivity contribution < 1.29 is 23.9 Å². The highest BCUT2D eigenvalue weighted by molar-refractivity contribution is 6.03. The molecule has 0 unspecified atom stereocenters. The van der Waals surface area contributed by atoms with Gasteiger partial charge in [0.1, 0.15) is 24.8 Å². The second-order valence-corrected chi connectivity index (χ2v) is 10.8. The number of nitrogens with one attached hydrogen (secondary N) is 1. The van der Waals surface area contributed by atoms with Crippen LogP contribution >= 0.6 is 0 Å². The highest BCUT2D eigenvalue weighted by Gasteiger charge is 2.32. The first-order chi connectivity index (χ1) is 19.6. The normalized spacial score (nSPS) is 12.9. The van der Waals surface area contributed by atoms with Gasteiger partial charge in [-0.1, -0.05) is 78.9 Å². The summed E-state index contributed by atoms with van der Waals surface area (Å²) in [4.78, 5) is 40.9. The van der Waals surface area contributed by atoms with Crippen molar-refractivity contribution in [3.8, 4) is 11.1 Å². The lowest BCUT2D eigenvalue weighted by molar-refractivity contribution is -0.153. The van der Waals surface area contributed by atoms with Crippen LogP contribution in [0.2, 0.25) is 0 Å². The molecule has 0 aliphatic heterocycles. The van der Waals surface area contributed by atoms with Crippen LogP contribution in [0, 0.1) is 0 Å². The minimum atomic E-state index is -1.15. The lowest BCUT2D eigenvalue weighted by atomic mass is 9.98. The summed E-state index contributed by atoms with van der Waals surface area (Å²) >= 11 is 0. The quantitative estimate of drug-likeness (QED) is 0.240. The average Bonchev–Trinajstić information content (AvgIpc) is 3.26. The number of carbonyl (C=O) groups excluding carboxylic acids is 3. The molecule has 3 aromatic carbocycles. The zero-order valence-corrected chi connectivity index (χ0v) is 23.8. The monoisotopic (exact) mass is 552 g/mol. The van der Waals surface area contributed by atoms with E-state index in [9.17, 15) is 14.4 Å². The Hall–Kier alpha value is -4.65. The smallest absolute Gasteiger partial charge is 0.408 e. The number of rotatable bonds is 10. The molecule has 0 fully saturated rings. The second-order valence-electron chi connectivity index (χ2n) is 10.8. The molecule has 2 amide bonds. The van der Waals surface area contributed by atoms with Crippen LogP contribution in [-0.2, 0) is 25.5 Å². The maximum absolute atomic E-state index is 13.8. The molecule has 7 nitrogen and oxygen atoms in total. The summed E-state index contributed by atoms with van der Waals surface area (Å²) < 4.78 is 11.1. The maximum Gasteiger partial charge on any atom is 0.408 e. The molecular formula is C34H36N2O5. The molecule has 1 aliphatic rings. The van der Waals surface area contributed by atoms with Crippen LogP contribution in [0.25, 0.3) is 11.1 Å². The van der Waals surface area contributed by atoms with Gasteiger partial charge in [0.15, 0.2) is 0 Å². The van der Waals surface area contributed by atoms with E-state index in [1.54, 1.807) is 39.0 Å². The molecule has 0 aromatic heterocycles. The van der Waals surface area contributed by atoms with Crippen molar-refractivity contribution in [3.05, 3.63) is 115 Å². The van der Waals surface area contributed by atoms with Gasteiger partial charge in [0.25, 0.3) is 5.91 Å². The number of hydrogen-bond donors (Lipinski definition) is 1. The largest absolute Gasteiger partial charge is 0.459 e. The van der Waals surface area contributed by atoms with Gasteiger partial charge in [-0.3, -0.25) is 14.5 Å². The first kappa shape index (κ1) is 29.3. The Kier molecular flexibility index (Phi) is 9.07. The fraction of sp³-hybridized carbons (Fsp3) is 0.265. The number of fused-ring (bicyclic) bond motifs is 3. The van der Waals surface area contributed by atoms with Gasteiger partial charge in [-0.2, -0.15) is 0 Å². The Morgan fingerprint density at radius 2 is 1.51 bits per heavy atom. The number of allylic oxidation sites excluding steroid dienone is 1. The Labute approximate surface area is 241 Å². The topological polar surface area (TPSA) is 84.9 Å². The van der Waals surface area contributed by atoms with Crippen molar-refractivity contribution in [1.29, 1.82) is 0 Å². The lowest BCUT2D eigenvalue weighted by Gasteiger charge is -2.29. The van der Waals surface area contributed by atoms with Crippen molar-refractivity contribution in [2.75, 3.05) is 18.1 Å². The number of anilines is 1. The standard InChI is InChI=1S/C34H36N2O5/c1-6-14-23-15-8-13-20-30(23)36(21-31(37)41-34(3,4)5)32(38)29(7-2)35-33(39)40-22-28-26-18-11-9-16-24(26)25-17-10-12-19-27(25)28/h6-13,15-20,28-29H,1-2,14,21-22H2,3-5H3,(H,35,39)/t29-/m0/s1. The van der Waals surface area contributed by atoms with E-state index in [1.165, 1.54) is 11.0 Å². The molecule has 0 heterocycles. The number of esters is 1. The van der Waals surface area contributed by atoms with Crippen LogP contribution in [0.5, 0.6) is 0 Å². The van der Waals surface area contributed by atoms with Gasteiger partial charge in [0.05, 0.1) is 0 Å². The third-order valence-corrected chi connectivity index (χ3v) is 6.74. The van der Waals surface area contributed by atoms with E-state index in [1.807, 2.05) is 48.5 Å². The molecule has 1 aliphatic carbocycles. The molecule has 4 rings (SSSR count). The van der Waals surface area contributed by atoms with E-state index in [0.717, 1.165) is 27.8 Å². The van der Waals surface area contributed by atoms with E-state index in [4.69, 9.17) is 9.47 Å². The summed E-state index contributed by atoms with van der Waals surface area (Å²) in [6.07, 6.45) is 2.76. The van der Waals surface area contributed by atoms with E-state index < -0.39 is 29.6 Å². The molecule has 0 saturated carbocycles. The van der Waals surface area contributed by atoms with Gasteiger partial charge >= 0.3 is 12.1 Å². The number of hydrogen-bond acceptors (Lipinski definition) is 5. The summed E-state index contributed by atoms with van der Waals surface area (Å²) in [7, 11) is 0. The van der Waals surface area contributed by atoms with Gasteiger partial charge < -0.3 is 14.8 Å². The second kappa shape index (κ2) is 12.7. The van der Waals surface area contributed by atoms with Crippen molar-refractivity contribution >= 4 is 23.7 Å². The minimum absolute atomic E-state index is 0.0989. The van der Waals surface area contributed by atoms with Crippen LogP contribution in [0.3, 0.4) is 0 Å². The van der Waals surface area contributed by atoms with Gasteiger partial charge in [-0.15, -0.1) is 13.2 Å². The van der Waals surface area contributed by atoms with E-state index in [2.05, 4.69) is 30.6 Å². The predicted octanol–water partition coefficient (Wildman–Crippen LogP) is 6.18. The first-order valence-electron chi connectivity index (χ1n) is 13.6. The average molecular weight is 553 g/mol. The van der Waals surface area contributed by atoms with Gasteiger partial charge in [0.2, 0.25) is 0 Å². The highest BCUT2D eigenvalue weighted by atomic mass is 16.6. The summed E-state index contributed by atoms with van der Waals surface area (Å²) in [6.45, 7) is 12.6. The number of alkyl carbamates (subject to hydrolysis) is 1.